The molecule has 0 spiro atoms. The second-order valence-electron chi connectivity index (χ2n) is 6.59. The predicted octanol–water partition coefficient (Wildman–Crippen LogP) is 1.97. The molecule has 1 fully saturated rings. The quantitative estimate of drug-likeness (QED) is 0.423. The molecule has 2 heterocycles. The summed E-state index contributed by atoms with van der Waals surface area (Å²) in [7, 11) is 3.76. The Morgan fingerprint density at radius 2 is 1.96 bits per heavy atom. The van der Waals surface area contributed by atoms with Crippen molar-refractivity contribution in [2.75, 3.05) is 26.7 Å². The van der Waals surface area contributed by atoms with Gasteiger partial charge in [-0.2, -0.15) is 5.10 Å². The number of piperidine rings is 1. The van der Waals surface area contributed by atoms with E-state index in [1.165, 1.54) is 32.4 Å². The van der Waals surface area contributed by atoms with E-state index in [9.17, 15) is 0 Å². The van der Waals surface area contributed by atoms with Crippen molar-refractivity contribution in [2.45, 2.75) is 45.2 Å². The summed E-state index contributed by atoms with van der Waals surface area (Å²) < 4.78 is 1.87. The maximum absolute atomic E-state index is 4.31. The van der Waals surface area contributed by atoms with Gasteiger partial charge in [0.2, 0.25) is 0 Å². The van der Waals surface area contributed by atoms with Crippen LogP contribution >= 0.6 is 24.0 Å². The highest BCUT2D eigenvalue weighted by Gasteiger charge is 2.27. The zero-order valence-corrected chi connectivity index (χ0v) is 17.1. The van der Waals surface area contributed by atoms with Crippen LogP contribution in [0.1, 0.15) is 38.8 Å². The lowest BCUT2D eigenvalue weighted by Gasteiger charge is -2.41. The fraction of sp³-hybridized carbons (Fsp3) is 0.750. The van der Waals surface area contributed by atoms with Crippen molar-refractivity contribution in [3.63, 3.8) is 0 Å². The Hall–Kier alpha value is -0.830. The Bertz CT molecular complexity index is 491. The van der Waals surface area contributed by atoms with Crippen LogP contribution in [0.25, 0.3) is 0 Å². The molecule has 0 radical (unpaired) electrons. The van der Waals surface area contributed by atoms with Crippen molar-refractivity contribution >= 4 is 29.9 Å². The number of likely N-dealkylation sites (tertiary alicyclic amines) is 1. The molecule has 1 aromatic heterocycles. The molecule has 2 rings (SSSR count). The number of hydrogen-bond acceptors (Lipinski definition) is 3. The van der Waals surface area contributed by atoms with Gasteiger partial charge in [0.05, 0.1) is 12.2 Å². The van der Waals surface area contributed by atoms with Crippen LogP contribution in [0.2, 0.25) is 0 Å². The lowest BCUT2D eigenvalue weighted by molar-refractivity contribution is 0.0982. The zero-order valence-electron chi connectivity index (χ0n) is 14.8. The second-order valence-corrected chi connectivity index (χ2v) is 6.59. The van der Waals surface area contributed by atoms with Crippen LogP contribution in [-0.2, 0) is 13.6 Å². The molecule has 1 aliphatic rings. The van der Waals surface area contributed by atoms with Crippen molar-refractivity contribution < 1.29 is 0 Å². The third-order valence-electron chi connectivity index (χ3n) is 4.48. The molecule has 7 heteroatoms. The van der Waals surface area contributed by atoms with Crippen LogP contribution in [0.4, 0.5) is 0 Å². The van der Waals surface area contributed by atoms with E-state index in [-0.39, 0.29) is 29.5 Å². The summed E-state index contributed by atoms with van der Waals surface area (Å²) in [4.78, 5) is 6.89. The molecule has 1 saturated heterocycles. The molecule has 132 valence electrons. The van der Waals surface area contributed by atoms with E-state index in [1.807, 2.05) is 31.0 Å². The van der Waals surface area contributed by atoms with Gasteiger partial charge in [-0.1, -0.05) is 6.42 Å². The van der Waals surface area contributed by atoms with Gasteiger partial charge in [-0.25, -0.2) is 0 Å². The van der Waals surface area contributed by atoms with Gasteiger partial charge in [-0.05, 0) is 45.8 Å². The van der Waals surface area contributed by atoms with Gasteiger partial charge in [0.15, 0.2) is 5.96 Å². The third-order valence-corrected chi connectivity index (χ3v) is 4.48. The molecule has 0 bridgehead atoms. The number of aryl methyl sites for hydroxylation is 1. The minimum atomic E-state index is 0. The first kappa shape index (κ1) is 20.2. The summed E-state index contributed by atoms with van der Waals surface area (Å²) in [5.74, 6) is 0.839. The molecule has 0 saturated carbocycles. The first-order valence-electron chi connectivity index (χ1n) is 8.19. The average molecular weight is 434 g/mol. The molecule has 0 unspecified atom stereocenters. The fourth-order valence-electron chi connectivity index (χ4n) is 2.88. The molecule has 1 aliphatic heterocycles. The van der Waals surface area contributed by atoms with Crippen LogP contribution in [0.3, 0.4) is 0 Å². The minimum absolute atomic E-state index is 0. The number of nitrogens with one attached hydrogen (secondary N) is 2. The first-order valence-corrected chi connectivity index (χ1v) is 8.19. The number of rotatable bonds is 5. The summed E-state index contributed by atoms with van der Waals surface area (Å²) in [6, 6.07) is 2.01. The smallest absolute Gasteiger partial charge is 0.191 e. The molecular weight excluding hydrogens is 403 g/mol. The molecule has 0 aliphatic carbocycles. The van der Waals surface area contributed by atoms with E-state index < -0.39 is 0 Å². The largest absolute Gasteiger partial charge is 0.355 e. The molecule has 2 N–H and O–H groups in total. The Kier molecular flexibility index (Phi) is 8.32. The Morgan fingerprint density at radius 1 is 1.26 bits per heavy atom. The van der Waals surface area contributed by atoms with Crippen LogP contribution in [-0.4, -0.2) is 52.9 Å². The SMILES string of the molecule is CN=C(NCc1ccnn1C)NCC(C)(C)N1CCCCC1.I. The first-order chi connectivity index (χ1) is 10.5. The predicted molar refractivity (Wildman–Crippen MR) is 106 cm³/mol. The number of hydrogen-bond donors (Lipinski definition) is 2. The summed E-state index contributed by atoms with van der Waals surface area (Å²) >= 11 is 0. The van der Waals surface area contributed by atoms with Crippen molar-refractivity contribution in [3.8, 4) is 0 Å². The molecule has 1 aromatic rings. The van der Waals surface area contributed by atoms with Crippen LogP contribution < -0.4 is 10.6 Å². The van der Waals surface area contributed by atoms with E-state index in [4.69, 9.17) is 0 Å². The highest BCUT2D eigenvalue weighted by Crippen LogP contribution is 2.19. The Labute approximate surface area is 157 Å². The molecular formula is C16H31IN6. The lowest BCUT2D eigenvalue weighted by Crippen LogP contribution is -2.54. The van der Waals surface area contributed by atoms with Gasteiger partial charge >= 0.3 is 0 Å². The summed E-state index contributed by atoms with van der Waals surface area (Å²) in [6.45, 7) is 8.63. The van der Waals surface area contributed by atoms with E-state index in [2.05, 4.69) is 39.5 Å². The van der Waals surface area contributed by atoms with Crippen LogP contribution in [0, 0.1) is 0 Å². The van der Waals surface area contributed by atoms with Crippen molar-refractivity contribution in [1.29, 1.82) is 0 Å². The van der Waals surface area contributed by atoms with Gasteiger partial charge in [-0.3, -0.25) is 14.6 Å². The standard InChI is InChI=1S/C16H30N6.HI/c1-16(2,22-10-6-5-7-11-22)13-19-15(17-3)18-12-14-8-9-20-21(14)4;/h8-9H,5-7,10-13H2,1-4H3,(H2,17,18,19);1H. The fourth-order valence-corrected chi connectivity index (χ4v) is 2.88. The van der Waals surface area contributed by atoms with Crippen molar-refractivity contribution in [1.82, 2.24) is 25.3 Å². The molecule has 0 atom stereocenters. The van der Waals surface area contributed by atoms with Crippen molar-refractivity contribution in [2.24, 2.45) is 12.0 Å². The molecule has 0 aromatic carbocycles. The number of aliphatic imine (C=N–C) groups is 1. The lowest BCUT2D eigenvalue weighted by atomic mass is 9.98. The zero-order chi connectivity index (χ0) is 16.0. The van der Waals surface area contributed by atoms with Gasteiger partial charge in [0.1, 0.15) is 0 Å². The number of halogens is 1. The van der Waals surface area contributed by atoms with E-state index in [0.717, 1.165) is 24.7 Å². The Balaban J connectivity index is 0.00000264. The molecule has 0 amide bonds. The number of aromatic nitrogens is 2. The number of nitrogens with zero attached hydrogens (tertiary/aromatic N) is 4. The highest BCUT2D eigenvalue weighted by atomic mass is 127. The van der Waals surface area contributed by atoms with Gasteiger partial charge < -0.3 is 10.6 Å². The van der Waals surface area contributed by atoms with Crippen LogP contribution in [0.15, 0.2) is 17.3 Å². The average Bonchev–Trinajstić information content (AvgIpc) is 2.93. The maximum Gasteiger partial charge on any atom is 0.191 e. The molecule has 6 nitrogen and oxygen atoms in total. The Morgan fingerprint density at radius 3 is 2.52 bits per heavy atom. The van der Waals surface area contributed by atoms with E-state index >= 15 is 0 Å². The monoisotopic (exact) mass is 434 g/mol. The minimum Gasteiger partial charge on any atom is -0.355 e. The summed E-state index contributed by atoms with van der Waals surface area (Å²) in [5, 5.41) is 11.0. The van der Waals surface area contributed by atoms with Crippen LogP contribution in [0.5, 0.6) is 0 Å². The third kappa shape index (κ3) is 5.95. The molecule has 23 heavy (non-hydrogen) atoms. The normalized spacial score (nSPS) is 16.8. The van der Waals surface area contributed by atoms with Gasteiger partial charge in [0, 0.05) is 32.4 Å². The van der Waals surface area contributed by atoms with E-state index in [1.54, 1.807) is 0 Å². The highest BCUT2D eigenvalue weighted by molar-refractivity contribution is 14.0. The van der Waals surface area contributed by atoms with Gasteiger partial charge in [0.25, 0.3) is 0 Å². The summed E-state index contributed by atoms with van der Waals surface area (Å²) in [5.41, 5.74) is 1.28. The van der Waals surface area contributed by atoms with E-state index in [0.29, 0.717) is 0 Å². The van der Waals surface area contributed by atoms with Crippen molar-refractivity contribution in [3.05, 3.63) is 18.0 Å². The van der Waals surface area contributed by atoms with Gasteiger partial charge in [-0.15, -0.1) is 24.0 Å². The topological polar surface area (TPSA) is 57.5 Å². The second kappa shape index (κ2) is 9.46. The maximum atomic E-state index is 4.31. The number of guanidine groups is 1. The summed E-state index contributed by atoms with van der Waals surface area (Å²) in [6.07, 6.45) is 5.81.